The molecule has 194 valence electrons. The van der Waals surface area contributed by atoms with E-state index in [2.05, 4.69) is 24.1 Å². The van der Waals surface area contributed by atoms with Gasteiger partial charge in [0.05, 0.1) is 18.4 Å². The second-order valence-electron chi connectivity index (χ2n) is 9.05. The molecule has 4 rings (SSSR count). The largest absolute Gasteiger partial charge is 0.496 e. The smallest absolute Gasteiger partial charge is 0.339 e. The van der Waals surface area contributed by atoms with E-state index in [1.165, 1.54) is 35.8 Å². The zero-order chi connectivity index (χ0) is 26.7. The number of halogens is 2. The van der Waals surface area contributed by atoms with E-state index in [1.807, 2.05) is 17.5 Å². The van der Waals surface area contributed by atoms with Crippen LogP contribution in [-0.2, 0) is 12.3 Å². The lowest BCUT2D eigenvalue weighted by molar-refractivity contribution is 0.0151. The van der Waals surface area contributed by atoms with Gasteiger partial charge in [-0.2, -0.15) is 0 Å². The fourth-order valence-electron chi connectivity index (χ4n) is 3.83. The minimum atomic E-state index is -3.05. The van der Waals surface area contributed by atoms with E-state index in [0.717, 1.165) is 35.1 Å². The van der Waals surface area contributed by atoms with Crippen molar-refractivity contribution in [1.29, 1.82) is 0 Å². The van der Waals surface area contributed by atoms with Crippen LogP contribution in [0.2, 0.25) is 0 Å². The number of benzene rings is 1. The molecule has 10 heteroatoms. The number of aromatic nitrogens is 2. The van der Waals surface area contributed by atoms with Crippen molar-refractivity contribution >= 4 is 39.6 Å². The molecule has 0 amide bonds. The van der Waals surface area contributed by atoms with Crippen LogP contribution in [0.3, 0.4) is 0 Å². The summed E-state index contributed by atoms with van der Waals surface area (Å²) in [5.41, 5.74) is 1.84. The molecule has 3 heterocycles. The second kappa shape index (κ2) is 10.9. The molecular formula is C27H27F2N3O3S2. The van der Waals surface area contributed by atoms with E-state index in [1.54, 1.807) is 24.4 Å². The molecule has 1 aromatic carbocycles. The number of rotatable bonds is 10. The van der Waals surface area contributed by atoms with Gasteiger partial charge in [0.1, 0.15) is 17.1 Å². The first-order chi connectivity index (χ1) is 17.6. The summed E-state index contributed by atoms with van der Waals surface area (Å²) in [6.45, 7) is 5.08. The zero-order valence-electron chi connectivity index (χ0n) is 20.8. The number of hydrogen-bond donors (Lipinski definition) is 2. The average Bonchev–Trinajstić information content (AvgIpc) is 3.52. The Kier molecular flexibility index (Phi) is 7.89. The van der Waals surface area contributed by atoms with Gasteiger partial charge < -0.3 is 15.2 Å². The van der Waals surface area contributed by atoms with Crippen molar-refractivity contribution in [3.63, 3.8) is 0 Å². The SMILES string of the molecule is COc1cc(-c2nc(Nc3ncc(-c4cccs4)cc3C(=O)O)sc2CCC(C)C)ccc1C(C)(F)F. The number of nitrogens with one attached hydrogen (secondary N) is 1. The Hall–Kier alpha value is -3.37. The molecule has 0 aliphatic rings. The Labute approximate surface area is 222 Å². The van der Waals surface area contributed by atoms with Gasteiger partial charge in [0.15, 0.2) is 5.13 Å². The second-order valence-corrected chi connectivity index (χ2v) is 11.1. The summed E-state index contributed by atoms with van der Waals surface area (Å²) in [7, 11) is 1.36. The topological polar surface area (TPSA) is 84.3 Å². The maximum atomic E-state index is 14.0. The number of ether oxygens (including phenoxy) is 1. The number of pyridine rings is 1. The van der Waals surface area contributed by atoms with Crippen LogP contribution in [0.4, 0.5) is 19.7 Å². The maximum absolute atomic E-state index is 14.0. The number of anilines is 2. The molecule has 3 aromatic heterocycles. The van der Waals surface area contributed by atoms with Crippen molar-refractivity contribution in [3.8, 4) is 27.4 Å². The van der Waals surface area contributed by atoms with Crippen molar-refractivity contribution in [2.24, 2.45) is 5.92 Å². The lowest BCUT2D eigenvalue weighted by atomic mass is 10.0. The first kappa shape index (κ1) is 26.7. The van der Waals surface area contributed by atoms with Crippen LogP contribution in [0.1, 0.15) is 48.0 Å². The van der Waals surface area contributed by atoms with Crippen molar-refractivity contribution < 1.29 is 23.4 Å². The fourth-order valence-corrected chi connectivity index (χ4v) is 5.53. The first-order valence-electron chi connectivity index (χ1n) is 11.7. The number of methoxy groups -OCH3 is 1. The Morgan fingerprint density at radius 1 is 1.22 bits per heavy atom. The van der Waals surface area contributed by atoms with Gasteiger partial charge in [-0.05, 0) is 48.4 Å². The van der Waals surface area contributed by atoms with Gasteiger partial charge in [-0.15, -0.1) is 22.7 Å². The number of thiazole rings is 1. The third-order valence-electron chi connectivity index (χ3n) is 5.74. The molecular weight excluding hydrogens is 516 g/mol. The Morgan fingerprint density at radius 3 is 2.62 bits per heavy atom. The Bertz CT molecular complexity index is 1400. The summed E-state index contributed by atoms with van der Waals surface area (Å²) >= 11 is 2.90. The summed E-state index contributed by atoms with van der Waals surface area (Å²) in [4.78, 5) is 23.0. The third-order valence-corrected chi connectivity index (χ3v) is 7.69. The molecule has 0 atom stereocenters. The lowest BCUT2D eigenvalue weighted by Crippen LogP contribution is -2.09. The van der Waals surface area contributed by atoms with E-state index in [9.17, 15) is 18.7 Å². The van der Waals surface area contributed by atoms with Crippen LogP contribution in [0.15, 0.2) is 48.0 Å². The van der Waals surface area contributed by atoms with Crippen LogP contribution in [0, 0.1) is 5.92 Å². The van der Waals surface area contributed by atoms with E-state index in [4.69, 9.17) is 9.72 Å². The third kappa shape index (κ3) is 6.14. The van der Waals surface area contributed by atoms with Crippen molar-refractivity contribution in [3.05, 3.63) is 64.0 Å². The highest BCUT2D eigenvalue weighted by atomic mass is 32.1. The molecule has 2 N–H and O–H groups in total. The van der Waals surface area contributed by atoms with Crippen molar-refractivity contribution in [2.75, 3.05) is 12.4 Å². The Balaban J connectivity index is 1.73. The minimum absolute atomic E-state index is 0.0302. The molecule has 0 radical (unpaired) electrons. The monoisotopic (exact) mass is 543 g/mol. The van der Waals surface area contributed by atoms with Gasteiger partial charge in [0.25, 0.3) is 5.92 Å². The summed E-state index contributed by atoms with van der Waals surface area (Å²) in [5.74, 6) is -3.44. The molecule has 4 aromatic rings. The molecule has 0 aliphatic carbocycles. The highest BCUT2D eigenvalue weighted by Crippen LogP contribution is 2.40. The maximum Gasteiger partial charge on any atom is 0.339 e. The summed E-state index contributed by atoms with van der Waals surface area (Å²) < 4.78 is 33.3. The minimum Gasteiger partial charge on any atom is -0.496 e. The number of alkyl halides is 2. The lowest BCUT2D eigenvalue weighted by Gasteiger charge is -2.16. The van der Waals surface area contributed by atoms with E-state index in [-0.39, 0.29) is 22.7 Å². The summed E-state index contributed by atoms with van der Waals surface area (Å²) in [6.07, 6.45) is 3.27. The molecule has 0 aliphatic heterocycles. The highest BCUT2D eigenvalue weighted by molar-refractivity contribution is 7.16. The zero-order valence-corrected chi connectivity index (χ0v) is 22.5. The van der Waals surface area contributed by atoms with Crippen LogP contribution < -0.4 is 10.1 Å². The summed E-state index contributed by atoms with van der Waals surface area (Å²) in [6, 6.07) is 9.94. The van der Waals surface area contributed by atoms with Gasteiger partial charge in [-0.25, -0.2) is 23.5 Å². The predicted octanol–water partition coefficient (Wildman–Crippen LogP) is 8.08. The first-order valence-corrected chi connectivity index (χ1v) is 13.4. The number of nitrogens with zero attached hydrogens (tertiary/aromatic N) is 2. The number of aromatic carboxylic acids is 1. The molecule has 6 nitrogen and oxygen atoms in total. The van der Waals surface area contributed by atoms with Crippen molar-refractivity contribution in [1.82, 2.24) is 9.97 Å². The normalized spacial score (nSPS) is 11.6. The number of carbonyl (C=O) groups is 1. The number of carboxylic acids is 1. The number of carboxylic acid groups (broad SMARTS) is 1. The predicted molar refractivity (Wildman–Crippen MR) is 145 cm³/mol. The van der Waals surface area contributed by atoms with Gasteiger partial charge in [-0.1, -0.05) is 26.0 Å². The van der Waals surface area contributed by atoms with Gasteiger partial charge in [0.2, 0.25) is 0 Å². The van der Waals surface area contributed by atoms with E-state index < -0.39 is 11.9 Å². The highest BCUT2D eigenvalue weighted by Gasteiger charge is 2.29. The number of aryl methyl sites for hydroxylation is 1. The summed E-state index contributed by atoms with van der Waals surface area (Å²) in [5, 5.41) is 15.3. The van der Waals surface area contributed by atoms with E-state index in [0.29, 0.717) is 22.3 Å². The van der Waals surface area contributed by atoms with Crippen LogP contribution in [0.5, 0.6) is 5.75 Å². The number of hydrogen-bond acceptors (Lipinski definition) is 7. The van der Waals surface area contributed by atoms with Gasteiger partial charge in [0, 0.05) is 34.0 Å². The fraction of sp³-hybridized carbons (Fsp3) is 0.296. The average molecular weight is 544 g/mol. The Morgan fingerprint density at radius 2 is 2.00 bits per heavy atom. The quantitative estimate of drug-likeness (QED) is 0.210. The van der Waals surface area contributed by atoms with Crippen LogP contribution in [-0.4, -0.2) is 28.2 Å². The molecule has 0 spiro atoms. The molecule has 0 bridgehead atoms. The van der Waals surface area contributed by atoms with Gasteiger partial charge >= 0.3 is 5.97 Å². The van der Waals surface area contributed by atoms with Crippen LogP contribution in [0.25, 0.3) is 21.7 Å². The van der Waals surface area contributed by atoms with Gasteiger partial charge in [-0.3, -0.25) is 0 Å². The number of thiophene rings is 1. The van der Waals surface area contributed by atoms with Crippen LogP contribution >= 0.6 is 22.7 Å². The molecule has 0 fully saturated rings. The van der Waals surface area contributed by atoms with Crippen molar-refractivity contribution in [2.45, 2.75) is 39.5 Å². The molecule has 0 saturated carbocycles. The van der Waals surface area contributed by atoms with E-state index >= 15 is 0 Å². The standard InChI is InChI=1S/C27H27F2N3O3S2/c1-15(2)7-10-22-23(16-8-9-19(27(3,28)29)20(13-16)35-4)31-26(37-22)32-24-18(25(33)34)12-17(14-30-24)21-6-5-11-36-21/h5-6,8-9,11-15H,7,10H2,1-4H3,(H,33,34)(H,30,31,32). The molecule has 37 heavy (non-hydrogen) atoms. The molecule has 0 unspecified atom stereocenters. The molecule has 0 saturated heterocycles.